The molecule has 0 aromatic carbocycles. The number of allylic oxidation sites excluding steroid dienone is 7. The molecule has 0 saturated carbocycles. The van der Waals surface area contributed by atoms with Crippen LogP contribution in [0.1, 0.15) is 354 Å². The number of hydrogen-bond donors (Lipinski definition) is 4. The van der Waals surface area contributed by atoms with Crippen molar-refractivity contribution in [3.63, 3.8) is 0 Å². The van der Waals surface area contributed by atoms with Crippen molar-refractivity contribution in [2.75, 3.05) is 6.61 Å². The molecule has 3 atom stereocenters. The Balaban J connectivity index is 3.54. The first-order valence-corrected chi connectivity index (χ1v) is 32.9. The molecule has 5 heteroatoms. The topological polar surface area (TPSA) is 89.8 Å². The Bertz CT molecular complexity index is 1180. The third-order valence-corrected chi connectivity index (χ3v) is 15.3. The minimum Gasteiger partial charge on any atom is -0.394 e. The second-order valence-electron chi connectivity index (χ2n) is 22.7. The zero-order valence-electron chi connectivity index (χ0n) is 49.3. The first kappa shape index (κ1) is 71.3. The van der Waals surface area contributed by atoms with Crippen LogP contribution >= 0.6 is 0 Å². The first-order chi connectivity index (χ1) is 36.0. The summed E-state index contributed by atoms with van der Waals surface area (Å²) in [4.78, 5) is 12.6. The number of amides is 1. The van der Waals surface area contributed by atoms with E-state index in [1.807, 2.05) is 6.08 Å². The molecule has 0 aliphatic heterocycles. The molecule has 0 aromatic rings. The van der Waals surface area contributed by atoms with Gasteiger partial charge in [0.25, 0.3) is 0 Å². The van der Waals surface area contributed by atoms with E-state index in [1.54, 1.807) is 6.08 Å². The lowest BCUT2D eigenvalue weighted by Crippen LogP contribution is -2.45. The maximum Gasteiger partial charge on any atom is 0.222 e. The second kappa shape index (κ2) is 62.8. The highest BCUT2D eigenvalue weighted by molar-refractivity contribution is 5.76. The van der Waals surface area contributed by atoms with Gasteiger partial charge in [0.05, 0.1) is 31.3 Å². The fourth-order valence-electron chi connectivity index (χ4n) is 10.3. The number of aliphatic hydroxyl groups excluding tert-OH is 3. The van der Waals surface area contributed by atoms with Crippen LogP contribution in [0.3, 0.4) is 0 Å². The third kappa shape index (κ3) is 59.4. The number of carbonyl (C=O) groups excluding carboxylic acids is 1. The summed E-state index contributed by atoms with van der Waals surface area (Å²) < 4.78 is 0. The van der Waals surface area contributed by atoms with Gasteiger partial charge in [0.1, 0.15) is 0 Å². The molecule has 0 saturated heterocycles. The van der Waals surface area contributed by atoms with Crippen molar-refractivity contribution in [1.82, 2.24) is 5.32 Å². The second-order valence-corrected chi connectivity index (χ2v) is 22.7. The first-order valence-electron chi connectivity index (χ1n) is 32.9. The van der Waals surface area contributed by atoms with Gasteiger partial charge in [-0.15, -0.1) is 0 Å². The van der Waals surface area contributed by atoms with E-state index in [1.165, 1.54) is 289 Å². The van der Waals surface area contributed by atoms with Gasteiger partial charge in [-0.25, -0.2) is 0 Å². The Kier molecular flexibility index (Phi) is 61.4. The van der Waals surface area contributed by atoms with Gasteiger partial charge in [0.2, 0.25) is 5.91 Å². The van der Waals surface area contributed by atoms with Crippen LogP contribution in [-0.4, -0.2) is 46.1 Å². The summed E-state index contributed by atoms with van der Waals surface area (Å²) in [7, 11) is 0. The largest absolute Gasteiger partial charge is 0.394 e. The molecule has 3 unspecified atom stereocenters. The fourth-order valence-corrected chi connectivity index (χ4v) is 10.3. The summed E-state index contributed by atoms with van der Waals surface area (Å²) in [5, 5.41) is 33.5. The van der Waals surface area contributed by atoms with Gasteiger partial charge in [-0.05, 0) is 64.2 Å². The van der Waals surface area contributed by atoms with Crippen molar-refractivity contribution in [3.8, 4) is 0 Å². The zero-order valence-corrected chi connectivity index (χ0v) is 49.3. The maximum absolute atomic E-state index is 12.6. The molecule has 1 amide bonds. The molecule has 0 heterocycles. The molecule has 0 aromatic heterocycles. The molecule has 4 N–H and O–H groups in total. The van der Waals surface area contributed by atoms with Crippen molar-refractivity contribution in [3.05, 3.63) is 48.6 Å². The van der Waals surface area contributed by atoms with Crippen molar-refractivity contribution < 1.29 is 20.1 Å². The molecule has 0 bridgehead atoms. The van der Waals surface area contributed by atoms with E-state index in [0.29, 0.717) is 6.42 Å². The lowest BCUT2D eigenvalue weighted by molar-refractivity contribution is -0.124. The molecule has 0 rings (SSSR count). The molecule has 0 spiro atoms. The monoisotopic (exact) mass is 1020 g/mol. The quantitative estimate of drug-likeness (QED) is 0.0361. The predicted octanol–water partition coefficient (Wildman–Crippen LogP) is 21.1. The molecule has 0 aliphatic rings. The third-order valence-electron chi connectivity index (χ3n) is 15.3. The van der Waals surface area contributed by atoms with Gasteiger partial charge in [0.15, 0.2) is 0 Å². The number of rotatable bonds is 61. The number of unbranched alkanes of at least 4 members (excludes halogenated alkanes) is 46. The molecular weight excluding hydrogens is 895 g/mol. The number of aliphatic hydroxyl groups is 3. The average molecular weight is 1020 g/mol. The lowest BCUT2D eigenvalue weighted by Gasteiger charge is -2.21. The van der Waals surface area contributed by atoms with Crippen LogP contribution in [0.4, 0.5) is 0 Å². The Morgan fingerprint density at radius 1 is 0.356 bits per heavy atom. The minimum absolute atomic E-state index is 0.00655. The molecule has 0 radical (unpaired) electrons. The summed E-state index contributed by atoms with van der Waals surface area (Å²) in [6.07, 6.45) is 84.9. The predicted molar refractivity (Wildman–Crippen MR) is 324 cm³/mol. The standard InChI is InChI=1S/C68H129NO4/c1-3-5-7-9-11-13-15-17-19-21-23-25-27-28-29-30-31-32-33-34-35-36-37-38-40-41-43-45-47-49-51-53-55-57-59-61-65(71)63-68(73)69-66(64-70)67(72)62-60-58-56-54-52-50-48-46-44-42-39-26-24-22-20-18-16-14-12-10-8-6-4-2/h29-30,32-33,52,54,60,62,65-67,70-72H,3-28,31,34-51,53,55-59,61,63-64H2,1-2H3,(H,69,73)/b30-29-,33-32-,54-52+,62-60+. The van der Waals surface area contributed by atoms with E-state index < -0.39 is 18.2 Å². The minimum atomic E-state index is -0.954. The summed E-state index contributed by atoms with van der Waals surface area (Å²) >= 11 is 0. The highest BCUT2D eigenvalue weighted by atomic mass is 16.3. The van der Waals surface area contributed by atoms with Gasteiger partial charge in [0, 0.05) is 0 Å². The number of nitrogens with one attached hydrogen (secondary N) is 1. The number of carbonyl (C=O) groups is 1. The molecular formula is C68H129NO4. The van der Waals surface area contributed by atoms with Gasteiger partial charge in [-0.2, -0.15) is 0 Å². The molecule has 430 valence electrons. The van der Waals surface area contributed by atoms with Crippen molar-refractivity contribution in [2.24, 2.45) is 0 Å². The van der Waals surface area contributed by atoms with E-state index in [0.717, 1.165) is 38.5 Å². The fraction of sp³-hybridized carbons (Fsp3) is 0.868. The highest BCUT2D eigenvalue weighted by Crippen LogP contribution is 2.18. The van der Waals surface area contributed by atoms with E-state index in [-0.39, 0.29) is 18.9 Å². The van der Waals surface area contributed by atoms with Crippen LogP contribution < -0.4 is 5.32 Å². The summed E-state index contributed by atoms with van der Waals surface area (Å²) in [5.74, 6) is -0.321. The van der Waals surface area contributed by atoms with Crippen LogP contribution in [-0.2, 0) is 4.79 Å². The SMILES string of the molecule is CCCCCCCCCCCCCCC/C=C\C/C=C\CCCCCCCCCCCCCCCCCC(O)CC(=O)NC(CO)C(O)/C=C/CC/C=C/CCCCCCCCCCCCCCCCCCC. The van der Waals surface area contributed by atoms with Gasteiger partial charge in [-0.1, -0.05) is 332 Å². The molecule has 0 aliphatic carbocycles. The Labute approximate surface area is 457 Å². The van der Waals surface area contributed by atoms with E-state index >= 15 is 0 Å². The zero-order chi connectivity index (χ0) is 52.9. The summed E-state index contributed by atoms with van der Waals surface area (Å²) in [6, 6.07) is -0.763. The maximum atomic E-state index is 12.6. The van der Waals surface area contributed by atoms with Crippen molar-refractivity contribution in [2.45, 2.75) is 372 Å². The van der Waals surface area contributed by atoms with Gasteiger partial charge >= 0.3 is 0 Å². The lowest BCUT2D eigenvalue weighted by atomic mass is 10.0. The van der Waals surface area contributed by atoms with E-state index in [9.17, 15) is 20.1 Å². The van der Waals surface area contributed by atoms with Crippen molar-refractivity contribution in [1.29, 1.82) is 0 Å². The van der Waals surface area contributed by atoms with Crippen LogP contribution in [0.5, 0.6) is 0 Å². The summed E-state index contributed by atoms with van der Waals surface area (Å²) in [5.41, 5.74) is 0. The Hall–Kier alpha value is -1.69. The molecule has 5 nitrogen and oxygen atoms in total. The van der Waals surface area contributed by atoms with E-state index in [2.05, 4.69) is 55.6 Å². The number of hydrogen-bond acceptors (Lipinski definition) is 4. The molecule has 0 fully saturated rings. The van der Waals surface area contributed by atoms with Gasteiger partial charge < -0.3 is 20.6 Å². The Morgan fingerprint density at radius 2 is 0.630 bits per heavy atom. The van der Waals surface area contributed by atoms with Crippen LogP contribution in [0.2, 0.25) is 0 Å². The van der Waals surface area contributed by atoms with Crippen molar-refractivity contribution >= 4 is 5.91 Å². The molecule has 73 heavy (non-hydrogen) atoms. The van der Waals surface area contributed by atoms with Crippen LogP contribution in [0.25, 0.3) is 0 Å². The van der Waals surface area contributed by atoms with E-state index in [4.69, 9.17) is 0 Å². The average Bonchev–Trinajstić information content (AvgIpc) is 3.39. The van der Waals surface area contributed by atoms with Crippen LogP contribution in [0.15, 0.2) is 48.6 Å². The van der Waals surface area contributed by atoms with Gasteiger partial charge in [-0.3, -0.25) is 4.79 Å². The van der Waals surface area contributed by atoms with Crippen LogP contribution in [0, 0.1) is 0 Å². The Morgan fingerprint density at radius 3 is 0.959 bits per heavy atom. The normalized spacial score (nSPS) is 13.4. The smallest absolute Gasteiger partial charge is 0.222 e. The highest BCUT2D eigenvalue weighted by Gasteiger charge is 2.20. The summed E-state index contributed by atoms with van der Waals surface area (Å²) in [6.45, 7) is 4.24.